The van der Waals surface area contributed by atoms with Crippen LogP contribution >= 0.6 is 0 Å². The van der Waals surface area contributed by atoms with Crippen molar-refractivity contribution in [1.82, 2.24) is 0 Å². The predicted molar refractivity (Wildman–Crippen MR) is 334 cm³/mol. The zero-order valence-electron chi connectivity index (χ0n) is 49.1. The molecule has 0 radical (unpaired) electrons. The van der Waals surface area contributed by atoms with Gasteiger partial charge in [0.1, 0.15) is 13.2 Å². The van der Waals surface area contributed by atoms with E-state index in [1.807, 2.05) is 0 Å². The Kier molecular flexibility index (Phi) is 59.0. The van der Waals surface area contributed by atoms with Crippen molar-refractivity contribution >= 4 is 17.9 Å². The molecule has 0 heterocycles. The van der Waals surface area contributed by atoms with Gasteiger partial charge in [0.15, 0.2) is 6.10 Å². The third-order valence-electron chi connectivity index (χ3n) is 12.2. The first-order chi connectivity index (χ1) is 38.0. The van der Waals surface area contributed by atoms with E-state index in [2.05, 4.69) is 191 Å². The Bertz CT molecular complexity index is 1790. The minimum absolute atomic E-state index is 0.125. The minimum atomic E-state index is -0.836. The molecule has 1 unspecified atom stereocenters. The lowest BCUT2D eigenvalue weighted by molar-refractivity contribution is -0.167. The van der Waals surface area contributed by atoms with E-state index in [-0.39, 0.29) is 44.0 Å². The van der Waals surface area contributed by atoms with Crippen molar-refractivity contribution in [3.05, 3.63) is 170 Å². The molecule has 0 saturated heterocycles. The zero-order valence-corrected chi connectivity index (χ0v) is 49.1. The molecule has 0 saturated carbocycles. The van der Waals surface area contributed by atoms with Crippen molar-refractivity contribution in [3.8, 4) is 0 Å². The van der Waals surface area contributed by atoms with Gasteiger partial charge in [-0.25, -0.2) is 0 Å². The van der Waals surface area contributed by atoms with Crippen molar-refractivity contribution in [2.75, 3.05) is 13.2 Å². The summed E-state index contributed by atoms with van der Waals surface area (Å²) in [4.78, 5) is 38.2. The molecule has 0 aliphatic rings. The molecular weight excluding hydrogens is 949 g/mol. The van der Waals surface area contributed by atoms with Gasteiger partial charge in [-0.3, -0.25) is 14.4 Å². The van der Waals surface area contributed by atoms with Gasteiger partial charge in [-0.1, -0.05) is 242 Å². The fraction of sp³-hybridized carbons (Fsp3) is 0.563. The highest BCUT2D eigenvalue weighted by Crippen LogP contribution is 2.12. The average Bonchev–Trinajstić information content (AvgIpc) is 3.43. The van der Waals surface area contributed by atoms with E-state index in [1.165, 1.54) is 51.4 Å². The Balaban J connectivity index is 4.51. The number of rotatable bonds is 53. The van der Waals surface area contributed by atoms with Crippen LogP contribution in [0.3, 0.4) is 0 Å². The maximum Gasteiger partial charge on any atom is 0.306 e. The third-order valence-corrected chi connectivity index (χ3v) is 12.2. The van der Waals surface area contributed by atoms with Crippen molar-refractivity contribution in [3.63, 3.8) is 0 Å². The molecule has 77 heavy (non-hydrogen) atoms. The first kappa shape index (κ1) is 71.8. The summed E-state index contributed by atoms with van der Waals surface area (Å²) in [6.45, 7) is 6.30. The summed E-state index contributed by atoms with van der Waals surface area (Å²) in [5.41, 5.74) is 0. The smallest absolute Gasteiger partial charge is 0.306 e. The lowest BCUT2D eigenvalue weighted by Gasteiger charge is -2.18. The van der Waals surface area contributed by atoms with Gasteiger partial charge in [-0.2, -0.15) is 0 Å². The van der Waals surface area contributed by atoms with Gasteiger partial charge >= 0.3 is 17.9 Å². The van der Waals surface area contributed by atoms with Crippen LogP contribution in [0.1, 0.15) is 239 Å². The number of hydrogen-bond acceptors (Lipinski definition) is 6. The van der Waals surface area contributed by atoms with Crippen molar-refractivity contribution in [1.29, 1.82) is 0 Å². The van der Waals surface area contributed by atoms with E-state index in [0.717, 1.165) is 135 Å². The van der Waals surface area contributed by atoms with Crippen LogP contribution in [0.25, 0.3) is 0 Å². The molecule has 0 aromatic carbocycles. The molecule has 0 aliphatic heterocycles. The molecule has 0 rings (SSSR count). The number of hydrogen-bond donors (Lipinski definition) is 0. The molecule has 0 spiro atoms. The van der Waals surface area contributed by atoms with Gasteiger partial charge < -0.3 is 14.2 Å². The van der Waals surface area contributed by atoms with Gasteiger partial charge in [-0.05, 0) is 148 Å². The molecule has 0 bridgehead atoms. The van der Waals surface area contributed by atoms with Crippen LogP contribution in [0.5, 0.6) is 0 Å². The summed E-state index contributed by atoms with van der Waals surface area (Å²) in [5, 5.41) is 0. The largest absolute Gasteiger partial charge is 0.462 e. The summed E-state index contributed by atoms with van der Waals surface area (Å²) in [6.07, 6.45) is 93.6. The lowest BCUT2D eigenvalue weighted by atomic mass is 10.1. The molecule has 6 heteroatoms. The second-order valence-electron chi connectivity index (χ2n) is 19.5. The van der Waals surface area contributed by atoms with Crippen molar-refractivity contribution in [2.24, 2.45) is 0 Å². The van der Waals surface area contributed by atoms with E-state index in [9.17, 15) is 14.4 Å². The topological polar surface area (TPSA) is 78.9 Å². The number of allylic oxidation sites excluding steroid dienone is 28. The summed E-state index contributed by atoms with van der Waals surface area (Å²) in [5.74, 6) is -1.05. The summed E-state index contributed by atoms with van der Waals surface area (Å²) < 4.78 is 16.8. The minimum Gasteiger partial charge on any atom is -0.462 e. The fourth-order valence-corrected chi connectivity index (χ4v) is 7.66. The third kappa shape index (κ3) is 61.5. The maximum atomic E-state index is 12.8. The molecule has 6 nitrogen and oxygen atoms in total. The molecule has 0 aromatic rings. The quantitative estimate of drug-likeness (QED) is 0.0261. The van der Waals surface area contributed by atoms with Gasteiger partial charge in [0.25, 0.3) is 0 Å². The van der Waals surface area contributed by atoms with Gasteiger partial charge in [0.05, 0.1) is 0 Å². The van der Waals surface area contributed by atoms with Crippen LogP contribution < -0.4 is 0 Å². The van der Waals surface area contributed by atoms with Crippen LogP contribution in [0.4, 0.5) is 0 Å². The zero-order chi connectivity index (χ0) is 55.7. The first-order valence-corrected chi connectivity index (χ1v) is 30.6. The van der Waals surface area contributed by atoms with Crippen LogP contribution in [-0.2, 0) is 28.6 Å². The lowest BCUT2D eigenvalue weighted by Crippen LogP contribution is -2.30. The fourth-order valence-electron chi connectivity index (χ4n) is 7.66. The summed E-state index contributed by atoms with van der Waals surface area (Å²) in [6, 6.07) is 0. The van der Waals surface area contributed by atoms with Crippen molar-refractivity contribution < 1.29 is 28.6 Å². The Labute approximate surface area is 472 Å². The van der Waals surface area contributed by atoms with Crippen molar-refractivity contribution in [2.45, 2.75) is 245 Å². The number of carbonyl (C=O) groups is 3. The Morgan fingerprint density at radius 3 is 0.883 bits per heavy atom. The highest BCUT2D eigenvalue weighted by Gasteiger charge is 2.19. The highest BCUT2D eigenvalue weighted by atomic mass is 16.6. The Morgan fingerprint density at radius 1 is 0.273 bits per heavy atom. The molecule has 1 atom stereocenters. The van der Waals surface area contributed by atoms with E-state index < -0.39 is 6.10 Å². The van der Waals surface area contributed by atoms with Gasteiger partial charge in [-0.15, -0.1) is 0 Å². The molecule has 0 amide bonds. The SMILES string of the molecule is CC/C=C\C/C=C\C/C=C\C/C=C\C/C=C\C/C=C\C/C=C\C/C=C\C/C=C\CCCC(=O)OCC(COC(=O)CCCCCCC/C=C\CCCCCCCC)OC(=O)CCCC/C=C\C/C=C\C/C=C\C/C=C\CC. The molecular formula is C71H110O6. The molecule has 430 valence electrons. The van der Waals surface area contributed by atoms with Gasteiger partial charge in [0.2, 0.25) is 0 Å². The standard InChI is InChI=1S/C71H110O6/c1-4-7-10-13-16-19-22-25-28-29-30-31-32-33-34-35-36-37-38-39-40-41-44-46-49-52-55-58-61-64-70(73)76-67-68(77-71(74)65-62-59-56-53-50-47-43-27-24-21-18-15-12-9-6-3)66-75-69(72)63-60-57-54-51-48-45-42-26-23-20-17-14-11-8-5-2/h7,9-10,12,16,18-19,21,25-28,30-31,33-34,36-37,39-40,42-44,46,50,52-53,55,68H,4-6,8,11,13-15,17,20,22-24,29,32,35,38,41,45,47-49,51,54,56-67H2,1-3H3/b10-7-,12-9-,19-16-,21-18-,28-25-,31-30-,34-33-,37-36-,40-39-,42-26-,43-27-,46-44-,53-50-,55-52-. The highest BCUT2D eigenvalue weighted by molar-refractivity contribution is 5.71. The van der Waals surface area contributed by atoms with Crippen LogP contribution in [-0.4, -0.2) is 37.2 Å². The molecule has 0 N–H and O–H groups in total. The number of esters is 3. The van der Waals surface area contributed by atoms with Gasteiger partial charge in [0, 0.05) is 19.3 Å². The normalized spacial score (nSPS) is 13.3. The van der Waals surface area contributed by atoms with Crippen LogP contribution in [0.2, 0.25) is 0 Å². The predicted octanol–water partition coefficient (Wildman–Crippen LogP) is 21.1. The Hall–Kier alpha value is -5.23. The monoisotopic (exact) mass is 1060 g/mol. The second-order valence-corrected chi connectivity index (χ2v) is 19.5. The molecule has 0 aliphatic carbocycles. The van der Waals surface area contributed by atoms with Crippen LogP contribution in [0, 0.1) is 0 Å². The molecule has 0 aromatic heterocycles. The Morgan fingerprint density at radius 2 is 0.519 bits per heavy atom. The molecule has 0 fully saturated rings. The van der Waals surface area contributed by atoms with E-state index in [1.54, 1.807) is 0 Å². The first-order valence-electron chi connectivity index (χ1n) is 30.6. The summed E-state index contributed by atoms with van der Waals surface area (Å²) in [7, 11) is 0. The van der Waals surface area contributed by atoms with E-state index >= 15 is 0 Å². The van der Waals surface area contributed by atoms with Crippen LogP contribution in [0.15, 0.2) is 170 Å². The number of carbonyl (C=O) groups excluding carboxylic acids is 3. The summed E-state index contributed by atoms with van der Waals surface area (Å²) >= 11 is 0. The number of ether oxygens (including phenoxy) is 3. The maximum absolute atomic E-state index is 12.8. The van der Waals surface area contributed by atoms with E-state index in [4.69, 9.17) is 14.2 Å². The average molecular weight is 1060 g/mol. The number of unbranched alkanes of at least 4 members (excludes halogenated alkanes) is 14. The second kappa shape index (κ2) is 63.3. The van der Waals surface area contributed by atoms with E-state index in [0.29, 0.717) is 19.3 Å².